The third-order valence-corrected chi connectivity index (χ3v) is 4.11. The topological polar surface area (TPSA) is 50.9 Å². The van der Waals surface area contributed by atoms with Gasteiger partial charge < -0.3 is 11.1 Å². The lowest BCUT2D eigenvalue weighted by molar-refractivity contribution is 0.649. The van der Waals surface area contributed by atoms with Gasteiger partial charge in [0.15, 0.2) is 0 Å². The van der Waals surface area contributed by atoms with Gasteiger partial charge in [0.1, 0.15) is 0 Å². The number of benzene rings is 2. The molecule has 3 aromatic rings. The monoisotopic (exact) mass is 273 g/mol. The number of hydrogen-bond donors (Lipinski definition) is 2. The molecule has 3 N–H and O–H groups in total. The SMILES string of the molecule is NC1(c2ccncc2)c2ccccc2Nc2ccccc21. The van der Waals surface area contributed by atoms with E-state index in [1.165, 1.54) is 0 Å². The molecule has 3 heteroatoms. The van der Waals surface area contributed by atoms with Crippen LogP contribution in [0.25, 0.3) is 0 Å². The molecule has 0 unspecified atom stereocenters. The van der Waals surface area contributed by atoms with Crippen LogP contribution in [0.3, 0.4) is 0 Å². The fourth-order valence-electron chi connectivity index (χ4n) is 3.09. The molecule has 0 bridgehead atoms. The summed E-state index contributed by atoms with van der Waals surface area (Å²) in [5.74, 6) is 0. The van der Waals surface area contributed by atoms with E-state index in [-0.39, 0.29) is 0 Å². The predicted octanol–water partition coefficient (Wildman–Crippen LogP) is 3.39. The van der Waals surface area contributed by atoms with Crippen molar-refractivity contribution in [3.05, 3.63) is 89.7 Å². The van der Waals surface area contributed by atoms with Gasteiger partial charge in [-0.15, -0.1) is 0 Å². The number of fused-ring (bicyclic) bond motifs is 2. The zero-order valence-corrected chi connectivity index (χ0v) is 11.5. The van der Waals surface area contributed by atoms with Gasteiger partial charge in [0.25, 0.3) is 0 Å². The lowest BCUT2D eigenvalue weighted by Gasteiger charge is -2.38. The number of nitrogens with zero attached hydrogens (tertiary/aromatic N) is 1. The lowest BCUT2D eigenvalue weighted by atomic mass is 9.75. The average molecular weight is 273 g/mol. The molecule has 1 aliphatic rings. The van der Waals surface area contributed by atoms with Gasteiger partial charge >= 0.3 is 0 Å². The second-order valence-corrected chi connectivity index (χ2v) is 5.26. The molecule has 0 spiro atoms. The van der Waals surface area contributed by atoms with E-state index < -0.39 is 5.54 Å². The Balaban J connectivity index is 2.06. The van der Waals surface area contributed by atoms with Crippen molar-refractivity contribution in [1.82, 2.24) is 4.98 Å². The van der Waals surface area contributed by atoms with Crippen molar-refractivity contribution in [3.8, 4) is 0 Å². The molecular formula is C18H15N3. The highest BCUT2D eigenvalue weighted by atomic mass is 14.9. The average Bonchev–Trinajstić information content (AvgIpc) is 2.56. The first kappa shape index (κ1) is 12.1. The number of hydrogen-bond acceptors (Lipinski definition) is 3. The van der Waals surface area contributed by atoms with Crippen LogP contribution >= 0.6 is 0 Å². The summed E-state index contributed by atoms with van der Waals surface area (Å²) < 4.78 is 0. The highest BCUT2D eigenvalue weighted by Crippen LogP contribution is 2.45. The van der Waals surface area contributed by atoms with Crippen LogP contribution < -0.4 is 11.1 Å². The smallest absolute Gasteiger partial charge is 0.0964 e. The fourth-order valence-corrected chi connectivity index (χ4v) is 3.09. The van der Waals surface area contributed by atoms with Crippen molar-refractivity contribution in [2.75, 3.05) is 5.32 Å². The Hall–Kier alpha value is -2.65. The minimum Gasteiger partial charge on any atom is -0.355 e. The molecule has 0 atom stereocenters. The Morgan fingerprint density at radius 3 is 1.86 bits per heavy atom. The summed E-state index contributed by atoms with van der Waals surface area (Å²) in [7, 11) is 0. The summed E-state index contributed by atoms with van der Waals surface area (Å²) in [4.78, 5) is 4.11. The van der Waals surface area contributed by atoms with Gasteiger partial charge in [-0.3, -0.25) is 4.98 Å². The first-order valence-electron chi connectivity index (χ1n) is 6.95. The molecule has 0 fully saturated rings. The minimum atomic E-state index is -0.665. The van der Waals surface area contributed by atoms with Gasteiger partial charge in [0.2, 0.25) is 0 Å². The van der Waals surface area contributed by atoms with Crippen molar-refractivity contribution >= 4 is 11.4 Å². The maximum absolute atomic E-state index is 6.94. The fraction of sp³-hybridized carbons (Fsp3) is 0.0556. The van der Waals surface area contributed by atoms with E-state index in [0.29, 0.717) is 0 Å². The van der Waals surface area contributed by atoms with Gasteiger partial charge in [-0.05, 0) is 29.8 Å². The first-order chi connectivity index (χ1) is 10.3. The quantitative estimate of drug-likeness (QED) is 0.714. The third kappa shape index (κ3) is 1.68. The summed E-state index contributed by atoms with van der Waals surface area (Å²) in [5, 5.41) is 3.47. The Labute approximate surface area is 123 Å². The number of para-hydroxylation sites is 2. The van der Waals surface area contributed by atoms with Crippen molar-refractivity contribution in [2.45, 2.75) is 5.54 Å². The van der Waals surface area contributed by atoms with Crippen LogP contribution in [-0.4, -0.2) is 4.98 Å². The molecular weight excluding hydrogens is 258 g/mol. The lowest BCUT2D eigenvalue weighted by Crippen LogP contribution is -2.42. The summed E-state index contributed by atoms with van der Waals surface area (Å²) >= 11 is 0. The van der Waals surface area contributed by atoms with Gasteiger partial charge in [-0.1, -0.05) is 36.4 Å². The highest BCUT2D eigenvalue weighted by molar-refractivity contribution is 5.77. The van der Waals surface area contributed by atoms with Crippen LogP contribution in [-0.2, 0) is 5.54 Å². The largest absolute Gasteiger partial charge is 0.355 e. The van der Waals surface area contributed by atoms with Crippen LogP contribution in [0.5, 0.6) is 0 Å². The Morgan fingerprint density at radius 1 is 0.762 bits per heavy atom. The molecule has 21 heavy (non-hydrogen) atoms. The number of rotatable bonds is 1. The minimum absolute atomic E-state index is 0.665. The predicted molar refractivity (Wildman–Crippen MR) is 84.5 cm³/mol. The normalized spacial score (nSPS) is 14.7. The third-order valence-electron chi connectivity index (χ3n) is 4.11. The maximum atomic E-state index is 6.94. The maximum Gasteiger partial charge on any atom is 0.0964 e. The molecule has 2 heterocycles. The molecule has 102 valence electrons. The molecule has 4 rings (SSSR count). The van der Waals surface area contributed by atoms with Crippen molar-refractivity contribution in [2.24, 2.45) is 5.73 Å². The van der Waals surface area contributed by atoms with E-state index in [9.17, 15) is 0 Å². The first-order valence-corrected chi connectivity index (χ1v) is 6.95. The van der Waals surface area contributed by atoms with Crippen LogP contribution in [0.4, 0.5) is 11.4 Å². The Morgan fingerprint density at radius 2 is 1.29 bits per heavy atom. The molecule has 3 nitrogen and oxygen atoms in total. The van der Waals surface area contributed by atoms with Crippen LogP contribution in [0.15, 0.2) is 73.1 Å². The second kappa shape index (κ2) is 4.43. The molecule has 1 aliphatic heterocycles. The van der Waals surface area contributed by atoms with Gasteiger partial charge in [-0.2, -0.15) is 0 Å². The molecule has 0 saturated heterocycles. The van der Waals surface area contributed by atoms with Crippen LogP contribution in [0.1, 0.15) is 16.7 Å². The molecule has 0 amide bonds. The van der Waals surface area contributed by atoms with E-state index >= 15 is 0 Å². The number of nitrogens with one attached hydrogen (secondary N) is 1. The van der Waals surface area contributed by atoms with Gasteiger partial charge in [0, 0.05) is 34.9 Å². The van der Waals surface area contributed by atoms with E-state index in [1.807, 2.05) is 36.4 Å². The number of nitrogens with two attached hydrogens (primary N) is 1. The van der Waals surface area contributed by atoms with E-state index in [0.717, 1.165) is 28.1 Å². The van der Waals surface area contributed by atoms with Crippen molar-refractivity contribution < 1.29 is 0 Å². The number of anilines is 2. The van der Waals surface area contributed by atoms with Crippen molar-refractivity contribution in [1.29, 1.82) is 0 Å². The molecule has 2 aromatic carbocycles. The zero-order valence-electron chi connectivity index (χ0n) is 11.5. The molecule has 0 radical (unpaired) electrons. The number of pyridine rings is 1. The van der Waals surface area contributed by atoms with Crippen molar-refractivity contribution in [3.63, 3.8) is 0 Å². The van der Waals surface area contributed by atoms with Gasteiger partial charge in [-0.25, -0.2) is 0 Å². The second-order valence-electron chi connectivity index (χ2n) is 5.26. The molecule has 0 aliphatic carbocycles. The molecule has 1 aromatic heterocycles. The van der Waals surface area contributed by atoms with E-state index in [1.54, 1.807) is 12.4 Å². The van der Waals surface area contributed by atoms with E-state index in [2.05, 4.69) is 34.6 Å². The van der Waals surface area contributed by atoms with Gasteiger partial charge in [0.05, 0.1) is 5.54 Å². The van der Waals surface area contributed by atoms with E-state index in [4.69, 9.17) is 5.73 Å². The van der Waals surface area contributed by atoms with Crippen LogP contribution in [0.2, 0.25) is 0 Å². The van der Waals surface area contributed by atoms with Crippen LogP contribution in [0, 0.1) is 0 Å². The summed E-state index contributed by atoms with van der Waals surface area (Å²) in [6, 6.07) is 20.4. The molecule has 0 saturated carbocycles. The summed E-state index contributed by atoms with van der Waals surface area (Å²) in [6.07, 6.45) is 3.58. The zero-order chi connectivity index (χ0) is 14.3. The Bertz CT molecular complexity index is 751. The highest BCUT2D eigenvalue weighted by Gasteiger charge is 2.38. The standard InChI is InChI=1S/C18H15N3/c19-18(13-9-11-20-12-10-13)14-5-1-3-7-16(14)21-17-8-4-2-6-15(17)18/h1-12,21H,19H2. The summed E-state index contributed by atoms with van der Waals surface area (Å²) in [6.45, 7) is 0. The number of aromatic nitrogens is 1. The summed E-state index contributed by atoms with van der Waals surface area (Å²) in [5.41, 5.74) is 11.6. The Kier molecular flexibility index (Phi) is 2.56.